The molecule has 348 valence electrons. The van der Waals surface area contributed by atoms with E-state index >= 15 is 0 Å². The lowest BCUT2D eigenvalue weighted by molar-refractivity contribution is 0.575. The molecule has 1 N–H and O–H groups in total. The highest BCUT2D eigenvalue weighted by molar-refractivity contribution is 6.16. The zero-order valence-electron chi connectivity index (χ0n) is 40.5. The molecule has 4 heteroatoms. The third-order valence-corrected chi connectivity index (χ3v) is 15.1. The van der Waals surface area contributed by atoms with Crippen LogP contribution < -0.4 is 5.32 Å². The van der Waals surface area contributed by atoms with Crippen LogP contribution in [0.25, 0.3) is 77.4 Å². The molecule has 0 saturated carbocycles. The molecule has 0 spiro atoms. The van der Waals surface area contributed by atoms with Gasteiger partial charge in [-0.2, -0.15) is 0 Å². The van der Waals surface area contributed by atoms with E-state index in [2.05, 4.69) is 277 Å². The van der Waals surface area contributed by atoms with Crippen LogP contribution in [0.2, 0.25) is 0 Å². The van der Waals surface area contributed by atoms with Crippen LogP contribution in [-0.2, 0) is 5.41 Å². The second kappa shape index (κ2) is 17.9. The van der Waals surface area contributed by atoms with Crippen molar-refractivity contribution in [2.24, 2.45) is 9.98 Å². The molecule has 1 aliphatic heterocycles. The summed E-state index contributed by atoms with van der Waals surface area (Å²) in [5.41, 5.74) is 19.8. The Bertz CT molecular complexity index is 3830. The van der Waals surface area contributed by atoms with Gasteiger partial charge in [0.1, 0.15) is 11.7 Å². The summed E-state index contributed by atoms with van der Waals surface area (Å²) >= 11 is 0. The largest absolute Gasteiger partial charge is 0.324 e. The van der Waals surface area contributed by atoms with E-state index in [9.17, 15) is 0 Å². The number of aliphatic imine (C=N–C) groups is 2. The summed E-state index contributed by atoms with van der Waals surface area (Å²) in [5.74, 6) is 1.55. The predicted molar refractivity (Wildman–Crippen MR) is 307 cm³/mol. The summed E-state index contributed by atoms with van der Waals surface area (Å²) in [6.07, 6.45) is -0.627. The van der Waals surface area contributed by atoms with Crippen LogP contribution in [0.5, 0.6) is 0 Å². The number of nitrogens with one attached hydrogen (secondary N) is 1. The Hall–Kier alpha value is -9.64. The van der Waals surface area contributed by atoms with Crippen molar-refractivity contribution in [1.82, 2.24) is 9.88 Å². The minimum absolute atomic E-state index is 0.627. The van der Waals surface area contributed by atoms with Gasteiger partial charge < -0.3 is 5.32 Å². The second-order valence-corrected chi connectivity index (χ2v) is 19.3. The quantitative estimate of drug-likeness (QED) is 0.154. The van der Waals surface area contributed by atoms with Gasteiger partial charge in [0, 0.05) is 21.9 Å². The van der Waals surface area contributed by atoms with Crippen molar-refractivity contribution in [3.8, 4) is 55.6 Å². The predicted octanol–water partition coefficient (Wildman–Crippen LogP) is 16.8. The Labute approximate surface area is 431 Å². The summed E-state index contributed by atoms with van der Waals surface area (Å²) in [5, 5.41) is 5.95. The van der Waals surface area contributed by atoms with E-state index in [1.165, 1.54) is 33.4 Å². The molecule has 2 aliphatic rings. The number of benzene rings is 11. The summed E-state index contributed by atoms with van der Waals surface area (Å²) < 4.78 is 2.37. The molecular weight excluding hydrogens is 897 g/mol. The van der Waals surface area contributed by atoms with Gasteiger partial charge in [0.2, 0.25) is 6.29 Å². The molecule has 14 rings (SSSR count). The van der Waals surface area contributed by atoms with Gasteiger partial charge in [0.05, 0.1) is 16.4 Å². The first-order valence-corrected chi connectivity index (χ1v) is 25.4. The number of hydrogen-bond acceptors (Lipinski definition) is 3. The number of nitrogens with zero attached hydrogens (tertiary/aromatic N) is 3. The Morgan fingerprint density at radius 1 is 0.297 bits per heavy atom. The second-order valence-electron chi connectivity index (χ2n) is 19.3. The lowest BCUT2D eigenvalue weighted by Crippen LogP contribution is -2.36. The maximum Gasteiger partial charge on any atom is 0.224 e. The third-order valence-electron chi connectivity index (χ3n) is 15.1. The van der Waals surface area contributed by atoms with Crippen molar-refractivity contribution < 1.29 is 0 Å². The Balaban J connectivity index is 1.13. The van der Waals surface area contributed by atoms with Crippen molar-refractivity contribution in [3.05, 3.63) is 312 Å². The summed E-state index contributed by atoms with van der Waals surface area (Å²) in [4.78, 5) is 11.0. The Morgan fingerprint density at radius 2 is 0.689 bits per heavy atom. The van der Waals surface area contributed by atoms with Crippen molar-refractivity contribution in [2.45, 2.75) is 11.7 Å². The molecule has 0 atom stereocenters. The van der Waals surface area contributed by atoms with Crippen LogP contribution in [0.4, 0.5) is 0 Å². The molecule has 0 unspecified atom stereocenters. The molecule has 0 amide bonds. The first-order valence-electron chi connectivity index (χ1n) is 25.4. The van der Waals surface area contributed by atoms with Gasteiger partial charge in [-0.05, 0) is 132 Å². The minimum atomic E-state index is -0.824. The molecule has 0 radical (unpaired) electrons. The lowest BCUT2D eigenvalue weighted by atomic mass is 9.66. The fourth-order valence-electron chi connectivity index (χ4n) is 11.7. The monoisotopic (exact) mass is 944 g/mol. The van der Waals surface area contributed by atoms with E-state index in [4.69, 9.17) is 9.98 Å². The number of hydrogen-bond donors (Lipinski definition) is 1. The average Bonchev–Trinajstić information content (AvgIpc) is 4.09. The van der Waals surface area contributed by atoms with Crippen molar-refractivity contribution >= 4 is 33.5 Å². The van der Waals surface area contributed by atoms with Gasteiger partial charge in [-0.15, -0.1) is 0 Å². The van der Waals surface area contributed by atoms with Crippen molar-refractivity contribution in [2.75, 3.05) is 0 Å². The molecular formula is C70H48N4. The fourth-order valence-corrected chi connectivity index (χ4v) is 11.7. The topological polar surface area (TPSA) is 41.7 Å². The number of aromatic nitrogens is 1. The summed E-state index contributed by atoms with van der Waals surface area (Å²) in [6.45, 7) is 0. The van der Waals surface area contributed by atoms with Crippen LogP contribution in [0.15, 0.2) is 289 Å². The molecule has 1 aromatic heterocycles. The van der Waals surface area contributed by atoms with Crippen LogP contribution >= 0.6 is 0 Å². The van der Waals surface area contributed by atoms with Gasteiger partial charge >= 0.3 is 0 Å². The number of fused-ring (bicyclic) bond motifs is 6. The first kappa shape index (κ1) is 43.2. The first-order chi connectivity index (χ1) is 36.7. The van der Waals surface area contributed by atoms with Gasteiger partial charge in [0.15, 0.2) is 0 Å². The molecule has 74 heavy (non-hydrogen) atoms. The van der Waals surface area contributed by atoms with Crippen LogP contribution in [0.1, 0.15) is 39.7 Å². The molecule has 1 aliphatic carbocycles. The van der Waals surface area contributed by atoms with Crippen molar-refractivity contribution in [3.63, 3.8) is 0 Å². The van der Waals surface area contributed by atoms with E-state index in [-0.39, 0.29) is 0 Å². The summed E-state index contributed by atoms with van der Waals surface area (Å²) in [6, 6.07) is 102. The molecule has 0 fully saturated rings. The Kier molecular flexibility index (Phi) is 10.4. The van der Waals surface area contributed by atoms with Crippen molar-refractivity contribution in [1.29, 1.82) is 0 Å². The molecule has 12 aromatic rings. The molecule has 11 aromatic carbocycles. The normalized spacial score (nSPS) is 13.7. The number of amidine groups is 2. The SMILES string of the molecule is c1ccc(C2=NC(n3c4ccccc4c4cc5c(cc43)C(c3cc(-c4ccccc4)cc(-c4ccccc4)c3)(c3cc(-c4ccccc4)cc(-c4ccccc4)c3)c3ccccc3-5)N=C(c3ccccc3)N2)cc1. The zero-order chi connectivity index (χ0) is 49.0. The highest BCUT2D eigenvalue weighted by Gasteiger charge is 2.47. The third kappa shape index (κ3) is 7.22. The average molecular weight is 945 g/mol. The number of para-hydroxylation sites is 1. The fraction of sp³-hybridized carbons (Fsp3) is 0.0286. The van der Waals surface area contributed by atoms with Crippen LogP contribution in [0.3, 0.4) is 0 Å². The zero-order valence-corrected chi connectivity index (χ0v) is 40.5. The maximum atomic E-state index is 5.52. The number of rotatable bonds is 9. The van der Waals surface area contributed by atoms with Gasteiger partial charge in [0.25, 0.3) is 0 Å². The highest BCUT2D eigenvalue weighted by Crippen LogP contribution is 2.59. The smallest absolute Gasteiger partial charge is 0.224 e. The van der Waals surface area contributed by atoms with E-state index < -0.39 is 11.7 Å². The molecule has 2 heterocycles. The molecule has 0 saturated heterocycles. The van der Waals surface area contributed by atoms with Crippen LogP contribution in [0, 0.1) is 0 Å². The lowest BCUT2D eigenvalue weighted by Gasteiger charge is -2.35. The van der Waals surface area contributed by atoms with Gasteiger partial charge in [-0.25, -0.2) is 9.98 Å². The van der Waals surface area contributed by atoms with Gasteiger partial charge in [-0.1, -0.05) is 224 Å². The standard InChI is InChI=1S/C70H48N4/c1-7-23-47(24-8-1)53-39-54(48-25-9-2-10-26-48)42-57(41-53)70(58-43-55(49-27-11-3-12-28-49)40-56(44-58)50-29-13-4-14-30-50)63-37-21-19-35-59(63)61-45-62-60-36-20-22-38-65(60)74(66(62)46-64(61)70)69-72-67(51-31-15-5-16-32-51)71-68(73-69)52-33-17-6-18-34-52/h1-46,69H,(H,71,72,73). The van der Waals surface area contributed by atoms with E-state index in [1.807, 2.05) is 12.1 Å². The van der Waals surface area contributed by atoms with E-state index in [0.717, 1.165) is 89.1 Å². The van der Waals surface area contributed by atoms with Gasteiger partial charge in [-0.3, -0.25) is 4.57 Å². The Morgan fingerprint density at radius 3 is 1.15 bits per heavy atom. The highest BCUT2D eigenvalue weighted by atomic mass is 15.3. The summed E-state index contributed by atoms with van der Waals surface area (Å²) in [7, 11) is 0. The maximum absolute atomic E-state index is 5.52. The van der Waals surface area contributed by atoms with E-state index in [1.54, 1.807) is 0 Å². The van der Waals surface area contributed by atoms with E-state index in [0.29, 0.717) is 0 Å². The molecule has 4 nitrogen and oxygen atoms in total. The van der Waals surface area contributed by atoms with Crippen LogP contribution in [-0.4, -0.2) is 16.2 Å². The molecule has 0 bridgehead atoms. The minimum Gasteiger partial charge on any atom is -0.324 e.